The van der Waals surface area contributed by atoms with E-state index in [-0.39, 0.29) is 35.8 Å². The minimum absolute atomic E-state index is 0.0436. The average Bonchev–Trinajstić information content (AvgIpc) is 3.23. The van der Waals surface area contributed by atoms with Gasteiger partial charge in [0.2, 0.25) is 0 Å². The Balaban J connectivity index is 1.74. The van der Waals surface area contributed by atoms with Crippen molar-refractivity contribution in [2.24, 2.45) is 5.92 Å². The summed E-state index contributed by atoms with van der Waals surface area (Å²) in [6, 6.07) is 5.96. The van der Waals surface area contributed by atoms with Crippen molar-refractivity contribution in [1.82, 2.24) is 9.55 Å². The van der Waals surface area contributed by atoms with E-state index in [1.54, 1.807) is 6.07 Å². The Kier molecular flexibility index (Phi) is 11.8. The molecule has 2 aromatic rings. The van der Waals surface area contributed by atoms with E-state index in [1.807, 2.05) is 13.8 Å². The molecule has 1 aromatic heterocycles. The Morgan fingerprint density at radius 3 is 2.39 bits per heavy atom. The van der Waals surface area contributed by atoms with Gasteiger partial charge in [0.05, 0.1) is 41.5 Å². The summed E-state index contributed by atoms with van der Waals surface area (Å²) < 4.78 is 58.2. The number of aliphatic hydroxyl groups excluding tert-OH is 1. The summed E-state index contributed by atoms with van der Waals surface area (Å²) >= 11 is 0. The standard InChI is InChI=1S/C21H30N3O17P3/c1-12(2)7-17(14-5-3-4-6-15(14)24(28)29)37-10-13-9-23(21(27)22-20(13)26)19-8-16(25)18(39-19)11-38-43(33,34)41-44(35,36)40-42(30,31)32/h3-6,9,12,16-19,25H,7-8,10-11H2,1-2H3,(H,33,34)(H,35,36)(H,22,26,27)(H2,30,31,32)/t16?,17-,18+,19+/m0/s1. The highest BCUT2D eigenvalue weighted by Crippen LogP contribution is 2.66. The summed E-state index contributed by atoms with van der Waals surface area (Å²) in [4.78, 5) is 74.3. The first-order valence-corrected chi connectivity index (χ1v) is 17.1. The number of nitrogens with one attached hydrogen (secondary N) is 1. The van der Waals surface area contributed by atoms with E-state index in [1.165, 1.54) is 18.2 Å². The van der Waals surface area contributed by atoms with E-state index in [9.17, 15) is 48.3 Å². The number of para-hydroxylation sites is 1. The molecule has 0 aliphatic carbocycles. The van der Waals surface area contributed by atoms with Crippen LogP contribution in [0.4, 0.5) is 5.69 Å². The quantitative estimate of drug-likeness (QED) is 0.0881. The van der Waals surface area contributed by atoms with E-state index in [0.29, 0.717) is 6.42 Å². The molecular weight excluding hydrogens is 659 g/mol. The van der Waals surface area contributed by atoms with Gasteiger partial charge in [-0.2, -0.15) is 8.62 Å². The summed E-state index contributed by atoms with van der Waals surface area (Å²) in [5.74, 6) is 0.0436. The van der Waals surface area contributed by atoms with Crippen LogP contribution in [0.15, 0.2) is 40.1 Å². The van der Waals surface area contributed by atoms with Crippen LogP contribution in [0.3, 0.4) is 0 Å². The lowest BCUT2D eigenvalue weighted by Gasteiger charge is -2.21. The number of rotatable bonds is 15. The van der Waals surface area contributed by atoms with Crippen LogP contribution in [-0.2, 0) is 42.9 Å². The fourth-order valence-electron chi connectivity index (χ4n) is 4.18. The van der Waals surface area contributed by atoms with Crippen molar-refractivity contribution in [2.75, 3.05) is 6.61 Å². The fraction of sp³-hybridized carbons (Fsp3) is 0.524. The number of nitro groups is 1. The molecule has 3 rings (SSSR count). The Bertz CT molecular complexity index is 1600. The van der Waals surface area contributed by atoms with Crippen molar-refractivity contribution in [1.29, 1.82) is 0 Å². The normalized spacial score (nSPS) is 22.4. The number of aromatic amines is 1. The number of hydrogen-bond acceptors (Lipinski definition) is 13. The lowest BCUT2D eigenvalue weighted by Crippen LogP contribution is -2.34. The molecule has 0 saturated carbocycles. The number of nitrogens with zero attached hydrogens (tertiary/aromatic N) is 2. The first-order chi connectivity index (χ1) is 20.3. The Hall–Kier alpha value is -2.41. The maximum atomic E-state index is 12.6. The molecule has 0 radical (unpaired) electrons. The summed E-state index contributed by atoms with van der Waals surface area (Å²) in [6.07, 6.45) is -3.78. The van der Waals surface area contributed by atoms with E-state index in [0.717, 1.165) is 10.8 Å². The number of benzene rings is 1. The Morgan fingerprint density at radius 1 is 1.11 bits per heavy atom. The zero-order valence-electron chi connectivity index (χ0n) is 23.0. The van der Waals surface area contributed by atoms with Crippen molar-refractivity contribution in [3.8, 4) is 0 Å². The smallest absolute Gasteiger partial charge is 0.390 e. The highest BCUT2D eigenvalue weighted by Gasteiger charge is 2.43. The highest BCUT2D eigenvalue weighted by atomic mass is 31.3. The van der Waals surface area contributed by atoms with Crippen LogP contribution < -0.4 is 11.2 Å². The molecule has 0 bridgehead atoms. The fourth-order valence-corrected chi connectivity index (χ4v) is 7.21. The third-order valence-electron chi connectivity index (χ3n) is 5.98. The van der Waals surface area contributed by atoms with E-state index in [2.05, 4.69) is 18.1 Å². The van der Waals surface area contributed by atoms with Gasteiger partial charge >= 0.3 is 29.2 Å². The number of phosphoric ester groups is 1. The molecule has 0 amide bonds. The third-order valence-corrected chi connectivity index (χ3v) is 9.78. The molecule has 23 heteroatoms. The number of aromatic nitrogens is 2. The summed E-state index contributed by atoms with van der Waals surface area (Å²) in [5, 5.41) is 21.9. The zero-order valence-corrected chi connectivity index (χ0v) is 25.7. The van der Waals surface area contributed by atoms with Gasteiger partial charge in [-0.05, 0) is 18.4 Å². The third kappa shape index (κ3) is 10.3. The molecule has 1 aliphatic rings. The minimum Gasteiger partial charge on any atom is -0.390 e. The maximum Gasteiger partial charge on any atom is 0.490 e. The van der Waals surface area contributed by atoms with Crippen molar-refractivity contribution >= 4 is 29.2 Å². The molecule has 6 N–H and O–H groups in total. The second-order valence-corrected chi connectivity index (χ2v) is 14.3. The van der Waals surface area contributed by atoms with Gasteiger partial charge in [0, 0.05) is 18.7 Å². The van der Waals surface area contributed by atoms with Crippen LogP contribution in [-0.4, -0.2) is 58.0 Å². The first-order valence-electron chi connectivity index (χ1n) is 12.6. The van der Waals surface area contributed by atoms with E-state index in [4.69, 9.17) is 19.3 Å². The number of nitro benzene ring substituents is 1. The topological polar surface area (TPSA) is 297 Å². The Morgan fingerprint density at radius 2 is 1.77 bits per heavy atom. The molecule has 6 atom stereocenters. The molecule has 1 saturated heterocycles. The second kappa shape index (κ2) is 14.3. The molecular formula is C21H30N3O17P3. The molecule has 1 aliphatic heterocycles. The average molecular weight is 689 g/mol. The molecule has 2 heterocycles. The summed E-state index contributed by atoms with van der Waals surface area (Å²) in [7, 11) is -16.9. The van der Waals surface area contributed by atoms with Gasteiger partial charge in [-0.3, -0.25) is 29.0 Å². The van der Waals surface area contributed by atoms with Crippen LogP contribution in [0, 0.1) is 16.0 Å². The molecule has 0 spiro atoms. The van der Waals surface area contributed by atoms with Gasteiger partial charge in [-0.25, -0.2) is 18.5 Å². The number of H-pyrrole nitrogens is 1. The molecule has 20 nitrogen and oxygen atoms in total. The first kappa shape index (κ1) is 36.1. The monoisotopic (exact) mass is 689 g/mol. The van der Waals surface area contributed by atoms with Gasteiger partial charge in [-0.1, -0.05) is 26.0 Å². The highest BCUT2D eigenvalue weighted by molar-refractivity contribution is 7.66. The van der Waals surface area contributed by atoms with Gasteiger partial charge < -0.3 is 34.2 Å². The molecule has 1 fully saturated rings. The lowest BCUT2D eigenvalue weighted by molar-refractivity contribution is -0.386. The predicted molar refractivity (Wildman–Crippen MR) is 146 cm³/mol. The van der Waals surface area contributed by atoms with Gasteiger partial charge in [0.1, 0.15) is 12.3 Å². The molecule has 1 aromatic carbocycles. The SMILES string of the molecule is CC(C)C[C@H](OCc1cn([C@H]2CC(O)[C@@H](COP(=O)(O)OP(=O)(O)OP(=O)(O)O)O2)c(=O)[nH]c1=O)c1ccccc1[N+](=O)[O-]. The molecule has 44 heavy (non-hydrogen) atoms. The van der Waals surface area contributed by atoms with Crippen LogP contribution in [0.1, 0.15) is 50.1 Å². The van der Waals surface area contributed by atoms with E-state index < -0.39 is 70.8 Å². The minimum atomic E-state index is -5.77. The van der Waals surface area contributed by atoms with E-state index >= 15 is 0 Å². The molecule has 3 unspecified atom stereocenters. The Labute approximate surface area is 247 Å². The number of phosphoric acid groups is 3. The van der Waals surface area contributed by atoms with Crippen LogP contribution in [0.25, 0.3) is 0 Å². The van der Waals surface area contributed by atoms with Crippen molar-refractivity contribution < 1.29 is 65.9 Å². The summed E-state index contributed by atoms with van der Waals surface area (Å²) in [6.45, 7) is 2.40. The summed E-state index contributed by atoms with van der Waals surface area (Å²) in [5.41, 5.74) is -1.74. The lowest BCUT2D eigenvalue weighted by atomic mass is 9.98. The van der Waals surface area contributed by atoms with Crippen molar-refractivity contribution in [3.63, 3.8) is 0 Å². The van der Waals surface area contributed by atoms with Gasteiger partial charge in [0.25, 0.3) is 11.2 Å². The number of aliphatic hydroxyl groups is 1. The predicted octanol–water partition coefficient (Wildman–Crippen LogP) is 1.74. The molecule has 246 valence electrons. The van der Waals surface area contributed by atoms with Crippen molar-refractivity contribution in [3.05, 3.63) is 72.5 Å². The van der Waals surface area contributed by atoms with Crippen molar-refractivity contribution in [2.45, 2.75) is 57.8 Å². The van der Waals surface area contributed by atoms with Crippen LogP contribution in [0.5, 0.6) is 0 Å². The van der Waals surface area contributed by atoms with Crippen LogP contribution >= 0.6 is 23.5 Å². The zero-order chi connectivity index (χ0) is 33.0. The second-order valence-electron chi connectivity index (χ2n) is 9.88. The number of hydrogen-bond donors (Lipinski definition) is 6. The number of ether oxygens (including phenoxy) is 2. The largest absolute Gasteiger partial charge is 0.490 e. The van der Waals surface area contributed by atoms with Crippen LogP contribution in [0.2, 0.25) is 0 Å². The van der Waals surface area contributed by atoms with Gasteiger partial charge in [-0.15, -0.1) is 0 Å². The van der Waals surface area contributed by atoms with Gasteiger partial charge in [0.15, 0.2) is 0 Å². The maximum absolute atomic E-state index is 12.6.